The molecule has 0 radical (unpaired) electrons. The van der Waals surface area contributed by atoms with Crippen molar-refractivity contribution < 1.29 is 4.79 Å². The van der Waals surface area contributed by atoms with Gasteiger partial charge in [-0.05, 0) is 30.6 Å². The molecule has 0 saturated heterocycles. The number of hydrogen-bond acceptors (Lipinski definition) is 3. The Kier molecular flexibility index (Phi) is 6.33. The van der Waals surface area contributed by atoms with Crippen molar-refractivity contribution in [3.63, 3.8) is 0 Å². The van der Waals surface area contributed by atoms with Crippen LogP contribution in [-0.4, -0.2) is 23.3 Å². The highest BCUT2D eigenvalue weighted by molar-refractivity contribution is 7.80. The molecular weight excluding hydrogens is 296 g/mol. The summed E-state index contributed by atoms with van der Waals surface area (Å²) in [5, 5.41) is 7.28. The third-order valence-electron chi connectivity index (χ3n) is 3.81. The van der Waals surface area contributed by atoms with Gasteiger partial charge in [0.2, 0.25) is 5.91 Å². The van der Waals surface area contributed by atoms with E-state index in [0.29, 0.717) is 12.3 Å². The quantitative estimate of drug-likeness (QED) is 0.440. The summed E-state index contributed by atoms with van der Waals surface area (Å²) >= 11 is 4.77. The van der Waals surface area contributed by atoms with Crippen LogP contribution in [0.5, 0.6) is 0 Å². The van der Waals surface area contributed by atoms with Gasteiger partial charge >= 0.3 is 0 Å². The predicted molar refractivity (Wildman–Crippen MR) is 92.5 cm³/mol. The minimum atomic E-state index is 0.104. The van der Waals surface area contributed by atoms with E-state index in [2.05, 4.69) is 15.8 Å². The summed E-state index contributed by atoms with van der Waals surface area (Å²) in [5.74, 6) is 0.243. The van der Waals surface area contributed by atoms with Gasteiger partial charge in [0, 0.05) is 5.92 Å². The number of nitrogens with two attached hydrogens (primary N) is 1. The van der Waals surface area contributed by atoms with Crippen LogP contribution < -0.4 is 16.5 Å². The highest BCUT2D eigenvalue weighted by Crippen LogP contribution is 2.23. The second-order valence-electron chi connectivity index (χ2n) is 5.45. The van der Waals surface area contributed by atoms with E-state index in [1.54, 1.807) is 0 Å². The van der Waals surface area contributed by atoms with E-state index < -0.39 is 0 Å². The maximum absolute atomic E-state index is 12.2. The second-order valence-corrected chi connectivity index (χ2v) is 5.89. The molecule has 0 atom stereocenters. The Hall–Kier alpha value is -1.95. The van der Waals surface area contributed by atoms with Gasteiger partial charge in [-0.25, -0.2) is 0 Å². The van der Waals surface area contributed by atoms with Gasteiger partial charge in [0.05, 0.1) is 12.3 Å². The summed E-state index contributed by atoms with van der Waals surface area (Å²) in [5.41, 5.74) is 9.64. The van der Waals surface area contributed by atoms with Crippen LogP contribution in [0.25, 0.3) is 0 Å². The topological polar surface area (TPSA) is 79.5 Å². The van der Waals surface area contributed by atoms with Crippen LogP contribution in [0, 0.1) is 5.92 Å². The highest BCUT2D eigenvalue weighted by Gasteiger charge is 2.21. The molecule has 1 aliphatic carbocycles. The molecule has 1 fully saturated rings. The predicted octanol–water partition coefficient (Wildman–Crippen LogP) is 1.92. The summed E-state index contributed by atoms with van der Waals surface area (Å²) in [6.07, 6.45) is 5.48. The fourth-order valence-electron chi connectivity index (χ4n) is 2.64. The van der Waals surface area contributed by atoms with Crippen LogP contribution in [-0.2, 0) is 4.79 Å². The number of nitrogens with zero attached hydrogens (tertiary/aromatic N) is 1. The van der Waals surface area contributed by atoms with E-state index in [1.807, 2.05) is 30.3 Å². The van der Waals surface area contributed by atoms with E-state index in [-0.39, 0.29) is 16.9 Å². The molecule has 1 amide bonds. The maximum Gasteiger partial charge on any atom is 0.223 e. The molecule has 1 aromatic carbocycles. The van der Waals surface area contributed by atoms with Gasteiger partial charge in [0.15, 0.2) is 5.11 Å². The van der Waals surface area contributed by atoms with E-state index in [0.717, 1.165) is 31.2 Å². The number of hydrazone groups is 1. The lowest BCUT2D eigenvalue weighted by atomic mass is 9.88. The number of amides is 1. The molecule has 2 rings (SSSR count). The number of thiocarbonyl (C=S) groups is 1. The maximum atomic E-state index is 12.2. The van der Waals surface area contributed by atoms with Crippen molar-refractivity contribution in [2.45, 2.75) is 32.1 Å². The smallest absolute Gasteiger partial charge is 0.223 e. The fraction of sp³-hybridized carbons (Fsp3) is 0.438. The van der Waals surface area contributed by atoms with Crippen molar-refractivity contribution in [1.29, 1.82) is 0 Å². The van der Waals surface area contributed by atoms with Gasteiger partial charge in [-0.3, -0.25) is 10.2 Å². The number of benzene rings is 1. The largest absolute Gasteiger partial charge is 0.375 e. The normalized spacial score (nSPS) is 16.1. The molecular formula is C16H22N4OS. The van der Waals surface area contributed by atoms with Crippen LogP contribution in [0.2, 0.25) is 0 Å². The lowest BCUT2D eigenvalue weighted by Gasteiger charge is -2.21. The fourth-order valence-corrected chi connectivity index (χ4v) is 2.68. The molecule has 0 spiro atoms. The second kappa shape index (κ2) is 8.48. The molecule has 118 valence electrons. The summed E-state index contributed by atoms with van der Waals surface area (Å²) in [6.45, 7) is 0.356. The molecule has 1 aromatic rings. The van der Waals surface area contributed by atoms with Crippen molar-refractivity contribution in [2.75, 3.05) is 6.54 Å². The summed E-state index contributed by atoms with van der Waals surface area (Å²) in [6, 6.07) is 9.66. The summed E-state index contributed by atoms with van der Waals surface area (Å²) in [4.78, 5) is 12.2. The standard InChI is InChI=1S/C16H22N4OS/c17-16(22)20-19-14(12-7-3-1-4-8-12)11-18-15(21)13-9-5-2-6-10-13/h1,3-4,7-8,13H,2,5-6,9-11H2,(H,18,21)(H3,17,20,22). The Morgan fingerprint density at radius 1 is 1.23 bits per heavy atom. The van der Waals surface area contributed by atoms with E-state index >= 15 is 0 Å². The molecule has 0 heterocycles. The SMILES string of the molecule is NC(=S)NN=C(CNC(=O)C1CCCCC1)c1ccccc1. The number of hydrogen-bond donors (Lipinski definition) is 3. The molecule has 4 N–H and O–H groups in total. The Bertz CT molecular complexity index is 538. The van der Waals surface area contributed by atoms with E-state index in [1.165, 1.54) is 6.42 Å². The minimum absolute atomic E-state index is 0.104. The average molecular weight is 318 g/mol. The lowest BCUT2D eigenvalue weighted by Crippen LogP contribution is -2.37. The van der Waals surface area contributed by atoms with Crippen LogP contribution in [0.3, 0.4) is 0 Å². The molecule has 5 nitrogen and oxygen atoms in total. The first kappa shape index (κ1) is 16.4. The number of nitrogens with one attached hydrogen (secondary N) is 2. The molecule has 1 aliphatic rings. The van der Waals surface area contributed by atoms with E-state index in [9.17, 15) is 4.79 Å². The van der Waals surface area contributed by atoms with Gasteiger partial charge in [-0.1, -0.05) is 49.6 Å². The van der Waals surface area contributed by atoms with Crippen LogP contribution in [0.1, 0.15) is 37.7 Å². The highest BCUT2D eigenvalue weighted by atomic mass is 32.1. The zero-order valence-corrected chi connectivity index (χ0v) is 13.4. The van der Waals surface area contributed by atoms with Crippen molar-refractivity contribution in [3.05, 3.63) is 35.9 Å². The Labute approximate surface area is 136 Å². The number of carbonyl (C=O) groups excluding carboxylic acids is 1. The molecule has 1 saturated carbocycles. The van der Waals surface area contributed by atoms with Gasteiger partial charge in [0.1, 0.15) is 0 Å². The Morgan fingerprint density at radius 2 is 1.91 bits per heavy atom. The van der Waals surface area contributed by atoms with Gasteiger partial charge in [-0.2, -0.15) is 5.10 Å². The molecule has 0 unspecified atom stereocenters. The first-order valence-electron chi connectivity index (χ1n) is 7.62. The third-order valence-corrected chi connectivity index (χ3v) is 3.91. The number of carbonyl (C=O) groups is 1. The van der Waals surface area contributed by atoms with Crippen molar-refractivity contribution in [2.24, 2.45) is 16.8 Å². The van der Waals surface area contributed by atoms with Crippen molar-refractivity contribution >= 4 is 28.9 Å². The van der Waals surface area contributed by atoms with Crippen LogP contribution in [0.4, 0.5) is 0 Å². The van der Waals surface area contributed by atoms with Gasteiger partial charge < -0.3 is 11.1 Å². The average Bonchev–Trinajstić information content (AvgIpc) is 2.56. The van der Waals surface area contributed by atoms with Crippen molar-refractivity contribution in [3.8, 4) is 0 Å². The third kappa shape index (κ3) is 5.11. The molecule has 22 heavy (non-hydrogen) atoms. The molecule has 0 bridgehead atoms. The molecule has 0 aromatic heterocycles. The van der Waals surface area contributed by atoms with Crippen LogP contribution in [0.15, 0.2) is 35.4 Å². The first-order chi connectivity index (χ1) is 10.7. The van der Waals surface area contributed by atoms with Crippen LogP contribution >= 0.6 is 12.2 Å². The summed E-state index contributed by atoms with van der Waals surface area (Å²) in [7, 11) is 0. The zero-order valence-electron chi connectivity index (χ0n) is 12.5. The Morgan fingerprint density at radius 3 is 2.55 bits per heavy atom. The number of rotatable bonds is 5. The monoisotopic (exact) mass is 318 g/mol. The van der Waals surface area contributed by atoms with Crippen molar-refractivity contribution in [1.82, 2.24) is 10.7 Å². The molecule has 0 aliphatic heterocycles. The molecule has 6 heteroatoms. The minimum Gasteiger partial charge on any atom is -0.375 e. The van der Waals surface area contributed by atoms with Gasteiger partial charge in [-0.15, -0.1) is 0 Å². The first-order valence-corrected chi connectivity index (χ1v) is 8.03. The van der Waals surface area contributed by atoms with Gasteiger partial charge in [0.25, 0.3) is 0 Å². The lowest BCUT2D eigenvalue weighted by molar-refractivity contribution is -0.125. The Balaban J connectivity index is 1.99. The van der Waals surface area contributed by atoms with E-state index in [4.69, 9.17) is 18.0 Å². The zero-order chi connectivity index (χ0) is 15.8. The summed E-state index contributed by atoms with van der Waals surface area (Å²) < 4.78 is 0.